The summed E-state index contributed by atoms with van der Waals surface area (Å²) in [6, 6.07) is 18.2. The predicted molar refractivity (Wildman–Crippen MR) is 95.2 cm³/mol. The van der Waals surface area contributed by atoms with Crippen LogP contribution in [0.3, 0.4) is 0 Å². The number of carbonyl (C=O) groups excluding carboxylic acids is 1. The quantitative estimate of drug-likeness (QED) is 0.719. The van der Waals surface area contributed by atoms with Gasteiger partial charge in [0.25, 0.3) is 5.91 Å². The molecular weight excluding hydrogens is 298 g/mol. The lowest BCUT2D eigenvalue weighted by Crippen LogP contribution is -2.25. The fraction of sp³-hybridized carbons (Fsp3) is 0.200. The summed E-state index contributed by atoms with van der Waals surface area (Å²) in [7, 11) is 1.82. The first-order chi connectivity index (χ1) is 11.7. The van der Waals surface area contributed by atoms with Gasteiger partial charge in [-0.25, -0.2) is 4.68 Å². The summed E-state index contributed by atoms with van der Waals surface area (Å²) in [6.45, 7) is 2.72. The van der Waals surface area contributed by atoms with E-state index in [0.29, 0.717) is 12.1 Å². The third-order valence-corrected chi connectivity index (χ3v) is 4.05. The Labute approximate surface area is 142 Å². The summed E-state index contributed by atoms with van der Waals surface area (Å²) in [5, 5.41) is 4.29. The van der Waals surface area contributed by atoms with Crippen molar-refractivity contribution in [2.75, 3.05) is 7.05 Å². The van der Waals surface area contributed by atoms with Crippen molar-refractivity contribution >= 4 is 5.91 Å². The summed E-state index contributed by atoms with van der Waals surface area (Å²) < 4.78 is 1.72. The Hall–Kier alpha value is -2.88. The number of benzene rings is 2. The molecule has 1 heterocycles. The second-order valence-electron chi connectivity index (χ2n) is 5.84. The second kappa shape index (κ2) is 7.13. The molecule has 0 aliphatic heterocycles. The van der Waals surface area contributed by atoms with E-state index in [-0.39, 0.29) is 5.91 Å². The van der Waals surface area contributed by atoms with Crippen molar-refractivity contribution in [1.82, 2.24) is 14.7 Å². The van der Waals surface area contributed by atoms with Gasteiger partial charge in [-0.1, -0.05) is 49.4 Å². The van der Waals surface area contributed by atoms with Crippen LogP contribution in [0.4, 0.5) is 0 Å². The highest BCUT2D eigenvalue weighted by atomic mass is 16.2. The van der Waals surface area contributed by atoms with Crippen LogP contribution in [-0.2, 0) is 13.0 Å². The molecule has 0 atom stereocenters. The standard InChI is InChI=1S/C20H21N3O/c1-3-16-9-11-17(12-10-16)14-22(2)20(24)18-13-21-23(15-18)19-7-5-4-6-8-19/h4-13,15H,3,14H2,1-2H3. The number of aromatic nitrogens is 2. The first-order valence-electron chi connectivity index (χ1n) is 8.10. The van der Waals surface area contributed by atoms with Crippen molar-refractivity contribution in [3.05, 3.63) is 83.7 Å². The van der Waals surface area contributed by atoms with E-state index in [4.69, 9.17) is 0 Å². The lowest BCUT2D eigenvalue weighted by atomic mass is 10.1. The van der Waals surface area contributed by atoms with Gasteiger partial charge in [-0.05, 0) is 29.7 Å². The molecule has 0 saturated heterocycles. The molecule has 0 N–H and O–H groups in total. The van der Waals surface area contributed by atoms with Gasteiger partial charge in [0.2, 0.25) is 0 Å². The number of para-hydroxylation sites is 1. The summed E-state index contributed by atoms with van der Waals surface area (Å²) in [6.07, 6.45) is 4.41. The van der Waals surface area contributed by atoms with Crippen molar-refractivity contribution in [2.45, 2.75) is 19.9 Å². The van der Waals surface area contributed by atoms with Gasteiger partial charge >= 0.3 is 0 Å². The van der Waals surface area contributed by atoms with Gasteiger partial charge in [-0.2, -0.15) is 5.10 Å². The molecule has 0 bridgehead atoms. The average Bonchev–Trinajstić information content (AvgIpc) is 3.12. The number of hydrogen-bond acceptors (Lipinski definition) is 2. The van der Waals surface area contributed by atoms with Crippen LogP contribution < -0.4 is 0 Å². The van der Waals surface area contributed by atoms with E-state index in [1.807, 2.05) is 37.4 Å². The van der Waals surface area contributed by atoms with E-state index >= 15 is 0 Å². The highest BCUT2D eigenvalue weighted by Gasteiger charge is 2.14. The van der Waals surface area contributed by atoms with Gasteiger partial charge in [0.1, 0.15) is 0 Å². The molecule has 4 heteroatoms. The number of rotatable bonds is 5. The normalized spacial score (nSPS) is 10.6. The Kier molecular flexibility index (Phi) is 4.75. The van der Waals surface area contributed by atoms with Crippen LogP contribution in [0.2, 0.25) is 0 Å². The largest absolute Gasteiger partial charge is 0.337 e. The van der Waals surface area contributed by atoms with E-state index in [0.717, 1.165) is 17.7 Å². The minimum Gasteiger partial charge on any atom is -0.337 e. The summed E-state index contributed by atoms with van der Waals surface area (Å²) in [4.78, 5) is 14.3. The number of amides is 1. The molecule has 122 valence electrons. The molecular formula is C20H21N3O. The Morgan fingerprint density at radius 3 is 2.38 bits per heavy atom. The molecule has 3 rings (SSSR count). The molecule has 0 fully saturated rings. The number of hydrogen-bond donors (Lipinski definition) is 0. The maximum Gasteiger partial charge on any atom is 0.257 e. The molecule has 0 spiro atoms. The highest BCUT2D eigenvalue weighted by molar-refractivity contribution is 5.93. The summed E-state index contributed by atoms with van der Waals surface area (Å²) in [5.41, 5.74) is 3.95. The van der Waals surface area contributed by atoms with Crippen LogP contribution in [0.25, 0.3) is 5.69 Å². The monoisotopic (exact) mass is 319 g/mol. The topological polar surface area (TPSA) is 38.1 Å². The molecule has 24 heavy (non-hydrogen) atoms. The van der Waals surface area contributed by atoms with Crippen LogP contribution in [-0.4, -0.2) is 27.6 Å². The van der Waals surface area contributed by atoms with Crippen LogP contribution in [0.15, 0.2) is 67.0 Å². The zero-order valence-corrected chi connectivity index (χ0v) is 14.0. The number of aryl methyl sites for hydroxylation is 1. The van der Waals surface area contributed by atoms with Crippen molar-refractivity contribution in [1.29, 1.82) is 0 Å². The van der Waals surface area contributed by atoms with Crippen LogP contribution in [0.1, 0.15) is 28.4 Å². The minimum atomic E-state index is -0.0308. The molecule has 0 unspecified atom stereocenters. The molecule has 3 aromatic rings. The lowest BCUT2D eigenvalue weighted by molar-refractivity contribution is 0.0785. The molecule has 0 radical (unpaired) electrons. The first-order valence-corrected chi connectivity index (χ1v) is 8.10. The van der Waals surface area contributed by atoms with Gasteiger partial charge in [-0.3, -0.25) is 4.79 Å². The van der Waals surface area contributed by atoms with Gasteiger partial charge in [0, 0.05) is 19.8 Å². The van der Waals surface area contributed by atoms with Crippen molar-refractivity contribution in [3.63, 3.8) is 0 Å². The maximum atomic E-state index is 12.6. The SMILES string of the molecule is CCc1ccc(CN(C)C(=O)c2cnn(-c3ccccc3)c2)cc1. The Bertz CT molecular complexity index is 806. The van der Waals surface area contributed by atoms with E-state index in [2.05, 4.69) is 36.3 Å². The van der Waals surface area contributed by atoms with E-state index in [9.17, 15) is 4.79 Å². The first kappa shape index (κ1) is 16.0. The van der Waals surface area contributed by atoms with Gasteiger partial charge in [0.15, 0.2) is 0 Å². The molecule has 1 amide bonds. The fourth-order valence-electron chi connectivity index (χ4n) is 2.60. The van der Waals surface area contributed by atoms with Crippen LogP contribution in [0.5, 0.6) is 0 Å². The Morgan fingerprint density at radius 1 is 1.04 bits per heavy atom. The Morgan fingerprint density at radius 2 is 1.71 bits per heavy atom. The molecule has 0 saturated carbocycles. The van der Waals surface area contributed by atoms with Gasteiger partial charge < -0.3 is 4.90 Å². The molecule has 0 aliphatic rings. The summed E-state index contributed by atoms with van der Waals surface area (Å²) >= 11 is 0. The molecule has 1 aromatic heterocycles. The van der Waals surface area contributed by atoms with Gasteiger partial charge in [-0.15, -0.1) is 0 Å². The average molecular weight is 319 g/mol. The zero-order valence-electron chi connectivity index (χ0n) is 14.0. The van der Waals surface area contributed by atoms with Crippen molar-refractivity contribution < 1.29 is 4.79 Å². The zero-order chi connectivity index (χ0) is 16.9. The van der Waals surface area contributed by atoms with E-state index in [1.165, 1.54) is 5.56 Å². The Balaban J connectivity index is 1.70. The fourth-order valence-corrected chi connectivity index (χ4v) is 2.60. The predicted octanol–water partition coefficient (Wildman–Crippen LogP) is 3.71. The van der Waals surface area contributed by atoms with Gasteiger partial charge in [0.05, 0.1) is 17.4 Å². The van der Waals surface area contributed by atoms with E-state index < -0.39 is 0 Å². The van der Waals surface area contributed by atoms with Crippen LogP contribution >= 0.6 is 0 Å². The van der Waals surface area contributed by atoms with Crippen molar-refractivity contribution in [3.8, 4) is 5.69 Å². The van der Waals surface area contributed by atoms with Crippen molar-refractivity contribution in [2.24, 2.45) is 0 Å². The lowest BCUT2D eigenvalue weighted by Gasteiger charge is -2.16. The third kappa shape index (κ3) is 3.54. The smallest absolute Gasteiger partial charge is 0.257 e. The highest BCUT2D eigenvalue weighted by Crippen LogP contribution is 2.12. The third-order valence-electron chi connectivity index (χ3n) is 4.05. The summed E-state index contributed by atoms with van der Waals surface area (Å²) in [5.74, 6) is -0.0308. The number of nitrogens with zero attached hydrogens (tertiary/aromatic N) is 3. The molecule has 4 nitrogen and oxygen atoms in total. The van der Waals surface area contributed by atoms with E-state index in [1.54, 1.807) is 22.0 Å². The minimum absolute atomic E-state index is 0.0308. The maximum absolute atomic E-state index is 12.6. The molecule has 2 aromatic carbocycles. The second-order valence-corrected chi connectivity index (χ2v) is 5.84. The van der Waals surface area contributed by atoms with Crippen LogP contribution in [0, 0.1) is 0 Å². The molecule has 0 aliphatic carbocycles. The number of carbonyl (C=O) groups is 1.